The number of phenols is 1. The van der Waals surface area contributed by atoms with Gasteiger partial charge in [-0.3, -0.25) is 4.98 Å². The molecule has 0 radical (unpaired) electrons. The fourth-order valence-electron chi connectivity index (χ4n) is 8.63. The lowest BCUT2D eigenvalue weighted by Crippen LogP contribution is -2.41. The first-order valence-electron chi connectivity index (χ1n) is 16.5. The highest BCUT2D eigenvalue weighted by Crippen LogP contribution is 2.42. The van der Waals surface area contributed by atoms with Crippen LogP contribution in [0.4, 0.5) is 4.39 Å². The SMILES string of the molecule is CCCC1(CCc2nc(C3CC4CCC(C3)N4)c3cnc(-c4cc(O)cc5cccc(CC)c45)c(F)c3n2)CCCN1C. The van der Waals surface area contributed by atoms with E-state index in [-0.39, 0.29) is 22.9 Å². The Morgan fingerprint density at radius 2 is 1.91 bits per heavy atom. The second kappa shape index (κ2) is 11.4. The van der Waals surface area contributed by atoms with Gasteiger partial charge in [-0.15, -0.1) is 0 Å². The lowest BCUT2D eigenvalue weighted by Gasteiger charge is -2.36. The maximum absolute atomic E-state index is 16.9. The van der Waals surface area contributed by atoms with E-state index in [1.54, 1.807) is 18.3 Å². The quantitative estimate of drug-likeness (QED) is 0.225. The van der Waals surface area contributed by atoms with Gasteiger partial charge in [-0.2, -0.15) is 0 Å². The smallest absolute Gasteiger partial charge is 0.175 e. The molecule has 3 atom stereocenters. The number of piperidine rings is 1. The summed E-state index contributed by atoms with van der Waals surface area (Å²) >= 11 is 0. The van der Waals surface area contributed by atoms with Gasteiger partial charge in [0.15, 0.2) is 5.82 Å². The van der Waals surface area contributed by atoms with Crippen molar-refractivity contribution >= 4 is 21.7 Å². The normalized spacial score (nSPS) is 25.7. The van der Waals surface area contributed by atoms with Crippen LogP contribution in [-0.4, -0.2) is 56.2 Å². The van der Waals surface area contributed by atoms with Gasteiger partial charge in [0.25, 0.3) is 0 Å². The molecule has 4 aromatic rings. The minimum atomic E-state index is -0.418. The molecule has 2 bridgehead atoms. The first kappa shape index (κ1) is 28.6. The molecule has 43 heavy (non-hydrogen) atoms. The van der Waals surface area contributed by atoms with Crippen molar-refractivity contribution in [3.8, 4) is 17.0 Å². The number of hydrogen-bond donors (Lipinski definition) is 2. The zero-order valence-electron chi connectivity index (χ0n) is 25.8. The first-order valence-corrected chi connectivity index (χ1v) is 16.5. The van der Waals surface area contributed by atoms with E-state index < -0.39 is 5.82 Å². The third-order valence-electron chi connectivity index (χ3n) is 10.8. The van der Waals surface area contributed by atoms with Crippen LogP contribution in [0.3, 0.4) is 0 Å². The van der Waals surface area contributed by atoms with E-state index in [1.807, 2.05) is 12.1 Å². The average molecular weight is 582 g/mol. The number of pyridine rings is 1. The number of likely N-dealkylation sites (tertiary alicyclic amines) is 1. The Morgan fingerprint density at radius 3 is 2.63 bits per heavy atom. The van der Waals surface area contributed by atoms with Crippen LogP contribution in [0, 0.1) is 5.82 Å². The van der Waals surface area contributed by atoms with Crippen molar-refractivity contribution in [3.63, 3.8) is 0 Å². The number of halogens is 1. The summed E-state index contributed by atoms with van der Waals surface area (Å²) in [6, 6.07) is 10.4. The molecule has 3 fully saturated rings. The van der Waals surface area contributed by atoms with Gasteiger partial charge in [0.05, 0.1) is 5.69 Å². The van der Waals surface area contributed by atoms with E-state index in [4.69, 9.17) is 15.0 Å². The number of benzene rings is 2. The van der Waals surface area contributed by atoms with Crippen LogP contribution in [0.1, 0.15) is 94.6 Å². The number of hydrogen-bond acceptors (Lipinski definition) is 6. The third-order valence-corrected chi connectivity index (χ3v) is 10.8. The predicted molar refractivity (Wildman–Crippen MR) is 171 cm³/mol. The van der Waals surface area contributed by atoms with E-state index in [0.717, 1.165) is 84.7 Å². The third kappa shape index (κ3) is 5.08. The Bertz CT molecular complexity index is 1660. The Balaban J connectivity index is 1.37. The highest BCUT2D eigenvalue weighted by molar-refractivity contribution is 6.01. The summed E-state index contributed by atoms with van der Waals surface area (Å²) < 4.78 is 16.9. The molecule has 2 aromatic carbocycles. The van der Waals surface area contributed by atoms with E-state index >= 15 is 4.39 Å². The molecule has 0 amide bonds. The second-order valence-electron chi connectivity index (χ2n) is 13.4. The maximum atomic E-state index is 16.9. The van der Waals surface area contributed by atoms with E-state index in [0.29, 0.717) is 23.2 Å². The van der Waals surface area contributed by atoms with Crippen molar-refractivity contribution in [2.45, 2.75) is 108 Å². The summed E-state index contributed by atoms with van der Waals surface area (Å²) in [5.74, 6) is 0.698. The highest BCUT2D eigenvalue weighted by Gasteiger charge is 2.39. The van der Waals surface area contributed by atoms with Crippen LogP contribution in [-0.2, 0) is 12.8 Å². The Labute approximate surface area is 254 Å². The lowest BCUT2D eigenvalue weighted by molar-refractivity contribution is 0.146. The zero-order chi connectivity index (χ0) is 29.7. The minimum Gasteiger partial charge on any atom is -0.508 e. The van der Waals surface area contributed by atoms with Gasteiger partial charge >= 0.3 is 0 Å². The molecule has 5 heterocycles. The Hall–Kier alpha value is -3.16. The first-order chi connectivity index (χ1) is 20.9. The summed E-state index contributed by atoms with van der Waals surface area (Å²) in [5.41, 5.74) is 3.46. The molecule has 7 heteroatoms. The fourth-order valence-corrected chi connectivity index (χ4v) is 8.63. The lowest BCUT2D eigenvalue weighted by atomic mass is 9.85. The molecule has 3 aliphatic heterocycles. The van der Waals surface area contributed by atoms with Crippen LogP contribution in [0.2, 0.25) is 0 Å². The van der Waals surface area contributed by atoms with Gasteiger partial charge in [0, 0.05) is 47.1 Å². The standard InChI is InChI=1S/C36H44FN5O/c1-4-13-36(14-7-16-42(36)3)15-12-30-40-33(24-17-25-10-11-26(18-24)39-25)29-21-38-34(32(37)35(29)41-30)28-20-27(43)19-23-9-6-8-22(5-2)31(23)28/h6,8-9,19-21,24-26,39,43H,4-5,7,10-18H2,1-3H3. The highest BCUT2D eigenvalue weighted by atomic mass is 19.1. The van der Waals surface area contributed by atoms with Gasteiger partial charge in [-0.05, 0) is 99.8 Å². The van der Waals surface area contributed by atoms with Crippen LogP contribution in [0.15, 0.2) is 36.5 Å². The van der Waals surface area contributed by atoms with Crippen molar-refractivity contribution < 1.29 is 9.50 Å². The molecule has 0 spiro atoms. The molecule has 3 unspecified atom stereocenters. The number of phenolic OH excluding ortho intramolecular Hbond substituents is 1. The van der Waals surface area contributed by atoms with Gasteiger partial charge in [-0.25, -0.2) is 14.4 Å². The van der Waals surface area contributed by atoms with Crippen molar-refractivity contribution in [2.75, 3.05) is 13.6 Å². The number of aromatic hydroxyl groups is 1. The van der Waals surface area contributed by atoms with E-state index in [1.165, 1.54) is 25.7 Å². The zero-order valence-corrected chi connectivity index (χ0v) is 25.8. The van der Waals surface area contributed by atoms with Crippen molar-refractivity contribution in [1.29, 1.82) is 0 Å². The predicted octanol–water partition coefficient (Wildman–Crippen LogP) is 7.45. The van der Waals surface area contributed by atoms with Gasteiger partial charge < -0.3 is 15.3 Å². The monoisotopic (exact) mass is 581 g/mol. The number of nitrogens with zero attached hydrogens (tertiary/aromatic N) is 4. The van der Waals surface area contributed by atoms with Gasteiger partial charge in [-0.1, -0.05) is 38.5 Å². The molecule has 7 rings (SSSR count). The summed E-state index contributed by atoms with van der Waals surface area (Å²) in [6.45, 7) is 5.49. The molecule has 2 aromatic heterocycles. The summed E-state index contributed by atoms with van der Waals surface area (Å²) in [7, 11) is 2.25. The topological polar surface area (TPSA) is 74.2 Å². The summed E-state index contributed by atoms with van der Waals surface area (Å²) in [6.07, 6.45) is 13.5. The second-order valence-corrected chi connectivity index (χ2v) is 13.4. The fraction of sp³-hybridized carbons (Fsp3) is 0.528. The molecule has 0 aliphatic carbocycles. The largest absolute Gasteiger partial charge is 0.508 e. The minimum absolute atomic E-state index is 0.105. The molecule has 2 N–H and O–H groups in total. The molecular weight excluding hydrogens is 537 g/mol. The number of rotatable bonds is 8. The van der Waals surface area contributed by atoms with E-state index in [2.05, 4.69) is 37.2 Å². The molecular formula is C36H44FN5O. The summed E-state index contributed by atoms with van der Waals surface area (Å²) in [5, 5.41) is 16.9. The number of fused-ring (bicyclic) bond motifs is 4. The Kier molecular flexibility index (Phi) is 7.58. The van der Waals surface area contributed by atoms with Gasteiger partial charge in [0.2, 0.25) is 0 Å². The number of nitrogens with one attached hydrogen (secondary N) is 1. The molecule has 226 valence electrons. The van der Waals surface area contributed by atoms with Gasteiger partial charge in [0.1, 0.15) is 22.8 Å². The van der Waals surface area contributed by atoms with Crippen molar-refractivity contribution in [3.05, 3.63) is 59.4 Å². The van der Waals surface area contributed by atoms with Crippen LogP contribution >= 0.6 is 0 Å². The van der Waals surface area contributed by atoms with Crippen molar-refractivity contribution in [1.82, 2.24) is 25.2 Å². The Morgan fingerprint density at radius 1 is 1.09 bits per heavy atom. The van der Waals surface area contributed by atoms with Crippen LogP contribution < -0.4 is 5.32 Å². The van der Waals surface area contributed by atoms with Crippen molar-refractivity contribution in [2.24, 2.45) is 0 Å². The molecule has 3 aliphatic rings. The maximum Gasteiger partial charge on any atom is 0.175 e. The average Bonchev–Trinajstić information content (AvgIpc) is 3.55. The van der Waals surface area contributed by atoms with Crippen LogP contribution in [0.25, 0.3) is 32.9 Å². The number of aromatic nitrogens is 3. The van der Waals surface area contributed by atoms with Crippen LogP contribution in [0.5, 0.6) is 5.75 Å². The van der Waals surface area contributed by atoms with E-state index in [9.17, 15) is 5.11 Å². The molecule has 6 nitrogen and oxygen atoms in total. The molecule has 3 saturated heterocycles. The summed E-state index contributed by atoms with van der Waals surface area (Å²) in [4.78, 5) is 17.5. The number of aryl methyl sites for hydroxylation is 2. The molecule has 0 saturated carbocycles.